The fraction of sp³-hybridized carbons (Fsp3) is 0.300. The highest BCUT2D eigenvalue weighted by Gasteiger charge is 2.18. The van der Waals surface area contributed by atoms with E-state index in [4.69, 9.17) is 4.74 Å². The van der Waals surface area contributed by atoms with Gasteiger partial charge in [0.15, 0.2) is 0 Å². The predicted molar refractivity (Wildman–Crippen MR) is 104 cm³/mol. The second-order valence-electron chi connectivity index (χ2n) is 6.08. The first-order valence-electron chi connectivity index (χ1n) is 8.70. The number of piperazine rings is 1. The van der Waals surface area contributed by atoms with E-state index in [1.807, 2.05) is 24.3 Å². The Balaban J connectivity index is 1.57. The molecule has 2 aromatic rings. The first kappa shape index (κ1) is 17.8. The maximum absolute atomic E-state index is 11.9. The summed E-state index contributed by atoms with van der Waals surface area (Å²) in [6, 6.07) is 11.9. The Morgan fingerprint density at radius 1 is 1.15 bits per heavy atom. The molecule has 1 amide bonds. The molecule has 0 spiro atoms. The number of ether oxygens (including phenoxy) is 1. The maximum atomic E-state index is 11.9. The average Bonchev–Trinajstić information content (AvgIpc) is 2.72. The molecule has 136 valence electrons. The van der Waals surface area contributed by atoms with Crippen LogP contribution in [0.5, 0.6) is 5.75 Å². The van der Waals surface area contributed by atoms with Crippen LogP contribution in [0.3, 0.4) is 0 Å². The van der Waals surface area contributed by atoms with Crippen LogP contribution in [-0.4, -0.2) is 50.7 Å². The maximum Gasteiger partial charge on any atom is 0.253 e. The Morgan fingerprint density at radius 3 is 2.42 bits per heavy atom. The van der Waals surface area contributed by atoms with E-state index in [9.17, 15) is 4.79 Å². The standard InChI is InChI=1S/C20H24N4O2/c1-3-10-21-20(25)16-4-9-19(22-15-16)24-13-11-23(12-14-24)17-5-7-18(26-2)8-6-17/h3-9,15H,1,10-14H2,2H3,(H,21,25). The zero-order chi connectivity index (χ0) is 18.4. The Labute approximate surface area is 154 Å². The smallest absolute Gasteiger partial charge is 0.253 e. The minimum absolute atomic E-state index is 0.131. The van der Waals surface area contributed by atoms with Gasteiger partial charge >= 0.3 is 0 Å². The van der Waals surface area contributed by atoms with Gasteiger partial charge in [-0.3, -0.25) is 4.79 Å². The van der Waals surface area contributed by atoms with Gasteiger partial charge in [-0.25, -0.2) is 4.98 Å². The van der Waals surface area contributed by atoms with Gasteiger partial charge < -0.3 is 19.9 Å². The van der Waals surface area contributed by atoms with Crippen molar-refractivity contribution in [2.45, 2.75) is 0 Å². The highest BCUT2D eigenvalue weighted by atomic mass is 16.5. The second kappa shape index (κ2) is 8.38. The van der Waals surface area contributed by atoms with E-state index < -0.39 is 0 Å². The number of pyridine rings is 1. The van der Waals surface area contributed by atoms with E-state index >= 15 is 0 Å². The summed E-state index contributed by atoms with van der Waals surface area (Å²) in [6.07, 6.45) is 3.28. The molecule has 0 bridgehead atoms. The molecule has 1 aromatic carbocycles. The fourth-order valence-electron chi connectivity index (χ4n) is 2.96. The fourth-order valence-corrected chi connectivity index (χ4v) is 2.96. The van der Waals surface area contributed by atoms with Gasteiger partial charge in [0.05, 0.1) is 12.7 Å². The van der Waals surface area contributed by atoms with Crippen molar-refractivity contribution in [2.24, 2.45) is 0 Å². The normalized spacial score (nSPS) is 14.0. The minimum atomic E-state index is -0.131. The molecule has 0 atom stereocenters. The number of anilines is 2. The number of methoxy groups -OCH3 is 1. The van der Waals surface area contributed by atoms with E-state index in [1.165, 1.54) is 5.69 Å². The lowest BCUT2D eigenvalue weighted by Crippen LogP contribution is -2.46. The van der Waals surface area contributed by atoms with Gasteiger partial charge in [0.2, 0.25) is 0 Å². The summed E-state index contributed by atoms with van der Waals surface area (Å²) in [4.78, 5) is 21.0. The van der Waals surface area contributed by atoms with Crippen LogP contribution >= 0.6 is 0 Å². The van der Waals surface area contributed by atoms with Crippen molar-refractivity contribution < 1.29 is 9.53 Å². The van der Waals surface area contributed by atoms with Gasteiger partial charge in [0.25, 0.3) is 5.91 Å². The first-order chi connectivity index (χ1) is 12.7. The van der Waals surface area contributed by atoms with Crippen molar-refractivity contribution >= 4 is 17.4 Å². The number of aromatic nitrogens is 1. The van der Waals surface area contributed by atoms with Gasteiger partial charge in [-0.15, -0.1) is 6.58 Å². The van der Waals surface area contributed by atoms with Gasteiger partial charge in [0.1, 0.15) is 11.6 Å². The van der Waals surface area contributed by atoms with Crippen LogP contribution in [0.15, 0.2) is 55.3 Å². The highest BCUT2D eigenvalue weighted by Crippen LogP contribution is 2.22. The van der Waals surface area contributed by atoms with E-state index in [1.54, 1.807) is 19.4 Å². The van der Waals surface area contributed by atoms with E-state index in [2.05, 4.69) is 38.8 Å². The third kappa shape index (κ3) is 4.14. The van der Waals surface area contributed by atoms with E-state index in [0.29, 0.717) is 12.1 Å². The molecule has 6 nitrogen and oxygen atoms in total. The zero-order valence-electron chi connectivity index (χ0n) is 15.0. The highest BCUT2D eigenvalue weighted by molar-refractivity contribution is 5.94. The molecule has 2 heterocycles. The molecule has 0 aliphatic carbocycles. The number of rotatable bonds is 6. The lowest BCUT2D eigenvalue weighted by atomic mass is 10.2. The number of carbonyl (C=O) groups excluding carboxylic acids is 1. The van der Waals surface area contributed by atoms with Gasteiger partial charge in [-0.2, -0.15) is 0 Å². The van der Waals surface area contributed by atoms with Crippen LogP contribution < -0.4 is 19.9 Å². The zero-order valence-corrected chi connectivity index (χ0v) is 15.0. The van der Waals surface area contributed by atoms with Crippen molar-refractivity contribution in [3.8, 4) is 5.75 Å². The molecule has 1 aliphatic heterocycles. The molecule has 0 unspecified atom stereocenters. The summed E-state index contributed by atoms with van der Waals surface area (Å²) < 4.78 is 5.21. The number of nitrogens with one attached hydrogen (secondary N) is 1. The summed E-state index contributed by atoms with van der Waals surface area (Å²) in [6.45, 7) is 7.68. The lowest BCUT2D eigenvalue weighted by molar-refractivity contribution is 0.0957. The molecule has 1 aromatic heterocycles. The first-order valence-corrected chi connectivity index (χ1v) is 8.70. The molecular weight excluding hydrogens is 328 g/mol. The summed E-state index contributed by atoms with van der Waals surface area (Å²) in [5.41, 5.74) is 1.76. The topological polar surface area (TPSA) is 57.7 Å². The number of amides is 1. The Kier molecular flexibility index (Phi) is 5.73. The molecule has 1 saturated heterocycles. The van der Waals surface area contributed by atoms with Gasteiger partial charge in [0, 0.05) is 44.6 Å². The van der Waals surface area contributed by atoms with E-state index in [-0.39, 0.29) is 5.91 Å². The number of carbonyl (C=O) groups is 1. The molecule has 1 N–H and O–H groups in total. The summed E-state index contributed by atoms with van der Waals surface area (Å²) in [5, 5.41) is 2.75. The molecular formula is C20H24N4O2. The SMILES string of the molecule is C=CCNC(=O)c1ccc(N2CCN(c3ccc(OC)cc3)CC2)nc1. The Hall–Kier alpha value is -3.02. The molecule has 1 aliphatic rings. The van der Waals surface area contributed by atoms with Gasteiger partial charge in [-0.1, -0.05) is 6.08 Å². The molecule has 6 heteroatoms. The Morgan fingerprint density at radius 2 is 1.85 bits per heavy atom. The van der Waals surface area contributed by atoms with Crippen LogP contribution in [0.25, 0.3) is 0 Å². The molecule has 0 saturated carbocycles. The molecule has 1 fully saturated rings. The second-order valence-corrected chi connectivity index (χ2v) is 6.08. The Bertz CT molecular complexity index is 735. The molecule has 0 radical (unpaired) electrons. The van der Waals surface area contributed by atoms with E-state index in [0.717, 1.165) is 37.7 Å². The molecule has 3 rings (SSSR count). The third-order valence-electron chi connectivity index (χ3n) is 4.46. The van der Waals surface area contributed by atoms with Gasteiger partial charge in [-0.05, 0) is 36.4 Å². The predicted octanol–water partition coefficient (Wildman–Crippen LogP) is 2.33. The van der Waals surface area contributed by atoms with Crippen LogP contribution in [0.2, 0.25) is 0 Å². The quantitative estimate of drug-likeness (QED) is 0.809. The van der Waals surface area contributed by atoms with Crippen LogP contribution in [0.1, 0.15) is 10.4 Å². The van der Waals surface area contributed by atoms with Crippen molar-refractivity contribution in [2.75, 3.05) is 49.6 Å². The molecule has 26 heavy (non-hydrogen) atoms. The van der Waals surface area contributed by atoms with Crippen LogP contribution in [-0.2, 0) is 0 Å². The monoisotopic (exact) mass is 352 g/mol. The average molecular weight is 352 g/mol. The number of hydrogen-bond acceptors (Lipinski definition) is 5. The van der Waals surface area contributed by atoms with Crippen LogP contribution in [0, 0.1) is 0 Å². The van der Waals surface area contributed by atoms with Crippen molar-refractivity contribution in [1.29, 1.82) is 0 Å². The van der Waals surface area contributed by atoms with Crippen LogP contribution in [0.4, 0.5) is 11.5 Å². The number of hydrogen-bond donors (Lipinski definition) is 1. The lowest BCUT2D eigenvalue weighted by Gasteiger charge is -2.36. The van der Waals surface area contributed by atoms with Crippen molar-refractivity contribution in [3.05, 3.63) is 60.8 Å². The third-order valence-corrected chi connectivity index (χ3v) is 4.46. The van der Waals surface area contributed by atoms with Crippen molar-refractivity contribution in [1.82, 2.24) is 10.3 Å². The summed E-state index contributed by atoms with van der Waals surface area (Å²) in [5.74, 6) is 1.64. The largest absolute Gasteiger partial charge is 0.497 e. The number of nitrogens with zero attached hydrogens (tertiary/aromatic N) is 3. The number of benzene rings is 1. The summed E-state index contributed by atoms with van der Waals surface area (Å²) in [7, 11) is 1.68. The summed E-state index contributed by atoms with van der Waals surface area (Å²) >= 11 is 0. The minimum Gasteiger partial charge on any atom is -0.497 e. The van der Waals surface area contributed by atoms with Crippen molar-refractivity contribution in [3.63, 3.8) is 0 Å².